The van der Waals surface area contributed by atoms with Crippen molar-refractivity contribution < 1.29 is 9.21 Å². The van der Waals surface area contributed by atoms with Gasteiger partial charge in [0.05, 0.1) is 5.75 Å². The number of Topliss-reactive ketones (excluding diaryl/α,β-unsaturated/α-hetero) is 1. The minimum atomic E-state index is 0.147. The van der Waals surface area contributed by atoms with Gasteiger partial charge in [-0.15, -0.1) is 0 Å². The lowest BCUT2D eigenvalue weighted by atomic mass is 10.1. The van der Waals surface area contributed by atoms with E-state index in [0.717, 1.165) is 24.4 Å². The van der Waals surface area contributed by atoms with Gasteiger partial charge in [-0.3, -0.25) is 4.79 Å². The molecule has 0 aliphatic heterocycles. The fraction of sp³-hybridized carbons (Fsp3) is 0.783. The van der Waals surface area contributed by atoms with E-state index in [-0.39, 0.29) is 5.78 Å². The molecule has 1 rings (SSSR count). The predicted molar refractivity (Wildman–Crippen MR) is 115 cm³/mol. The van der Waals surface area contributed by atoms with Crippen LogP contribution in [0.3, 0.4) is 0 Å². The smallest absolute Gasteiger partial charge is 0.197 e. The van der Waals surface area contributed by atoms with Gasteiger partial charge < -0.3 is 4.42 Å². The van der Waals surface area contributed by atoms with E-state index in [1.165, 1.54) is 76.4 Å². The van der Waals surface area contributed by atoms with Gasteiger partial charge in [0, 0.05) is 6.42 Å². The molecule has 0 saturated heterocycles. The molecule has 0 N–H and O–H groups in total. The summed E-state index contributed by atoms with van der Waals surface area (Å²) in [5.41, 5.74) is 0. The van der Waals surface area contributed by atoms with E-state index < -0.39 is 0 Å². The number of thioether (sulfide) groups is 1. The van der Waals surface area contributed by atoms with Gasteiger partial charge in [0.2, 0.25) is 0 Å². The minimum Gasteiger partial charge on any atom is -0.457 e. The van der Waals surface area contributed by atoms with Gasteiger partial charge in [0.25, 0.3) is 0 Å². The molecular weight excluding hydrogens is 340 g/mol. The zero-order valence-corrected chi connectivity index (χ0v) is 18.0. The molecule has 1 heterocycles. The van der Waals surface area contributed by atoms with E-state index >= 15 is 0 Å². The highest BCUT2D eigenvalue weighted by atomic mass is 32.2. The number of unbranched alkanes of at least 4 members (excludes halogenated alkanes) is 11. The first-order valence-corrected chi connectivity index (χ1v) is 12.1. The van der Waals surface area contributed by atoms with Gasteiger partial charge in [-0.05, 0) is 30.7 Å². The molecule has 1 aromatic heterocycles. The standard InChI is InChI=1S/C23H40O2S/c1-3-5-7-8-9-10-11-12-13-14-15-19-26-20-21-17-18-23(25-21)22(24)16-6-4-2/h17-18H,3-16,19-20H2,1-2H3. The van der Waals surface area contributed by atoms with Crippen LogP contribution in [0.15, 0.2) is 16.5 Å². The van der Waals surface area contributed by atoms with E-state index in [2.05, 4.69) is 13.8 Å². The van der Waals surface area contributed by atoms with Crippen LogP contribution in [-0.2, 0) is 5.75 Å². The number of carbonyl (C=O) groups is 1. The first-order valence-electron chi connectivity index (χ1n) is 11.0. The quantitative estimate of drug-likeness (QED) is 0.190. The summed E-state index contributed by atoms with van der Waals surface area (Å²) < 4.78 is 5.68. The molecule has 0 unspecified atom stereocenters. The molecule has 26 heavy (non-hydrogen) atoms. The van der Waals surface area contributed by atoms with Gasteiger partial charge in [0.1, 0.15) is 5.76 Å². The fourth-order valence-electron chi connectivity index (χ4n) is 3.11. The lowest BCUT2D eigenvalue weighted by molar-refractivity contribution is 0.0951. The molecule has 0 fully saturated rings. The summed E-state index contributed by atoms with van der Waals surface area (Å²) in [5, 5.41) is 0. The maximum Gasteiger partial charge on any atom is 0.197 e. The van der Waals surface area contributed by atoms with E-state index in [4.69, 9.17) is 4.42 Å². The van der Waals surface area contributed by atoms with Crippen LogP contribution in [0, 0.1) is 0 Å². The van der Waals surface area contributed by atoms with Crippen molar-refractivity contribution >= 4 is 17.5 Å². The number of carbonyl (C=O) groups excluding carboxylic acids is 1. The van der Waals surface area contributed by atoms with E-state index in [0.29, 0.717) is 12.2 Å². The topological polar surface area (TPSA) is 30.2 Å². The average Bonchev–Trinajstić information content (AvgIpc) is 3.12. The third kappa shape index (κ3) is 11.8. The molecule has 0 atom stereocenters. The first-order chi connectivity index (χ1) is 12.8. The molecule has 3 heteroatoms. The van der Waals surface area contributed by atoms with Crippen LogP contribution in [0.5, 0.6) is 0 Å². The Kier molecular flexibility index (Phi) is 14.8. The molecule has 2 nitrogen and oxygen atoms in total. The predicted octanol–water partition coefficient (Wildman–Crippen LogP) is 8.20. The van der Waals surface area contributed by atoms with E-state index in [1.54, 1.807) is 0 Å². The zero-order valence-electron chi connectivity index (χ0n) is 17.2. The molecule has 150 valence electrons. The highest BCUT2D eigenvalue weighted by Gasteiger charge is 2.10. The second kappa shape index (κ2) is 16.5. The molecular formula is C23H40O2S. The second-order valence-corrected chi connectivity index (χ2v) is 8.49. The Morgan fingerprint density at radius 3 is 2.00 bits per heavy atom. The molecule has 1 aromatic rings. The van der Waals surface area contributed by atoms with Crippen LogP contribution in [0.4, 0.5) is 0 Å². The van der Waals surface area contributed by atoms with Crippen LogP contribution in [0.25, 0.3) is 0 Å². The van der Waals surface area contributed by atoms with Crippen LogP contribution < -0.4 is 0 Å². The van der Waals surface area contributed by atoms with Crippen molar-refractivity contribution in [3.05, 3.63) is 23.7 Å². The number of hydrogen-bond acceptors (Lipinski definition) is 3. The molecule has 0 spiro atoms. The van der Waals surface area contributed by atoms with Crippen molar-refractivity contribution in [1.82, 2.24) is 0 Å². The Hall–Kier alpha value is -0.700. The van der Waals surface area contributed by atoms with Crippen molar-refractivity contribution in [2.24, 2.45) is 0 Å². The Labute approximate surface area is 165 Å². The summed E-state index contributed by atoms with van der Waals surface area (Å²) in [6.45, 7) is 4.38. The van der Waals surface area contributed by atoms with E-state index in [9.17, 15) is 4.79 Å². The fourth-order valence-corrected chi connectivity index (χ4v) is 4.02. The van der Waals surface area contributed by atoms with Gasteiger partial charge in [0.15, 0.2) is 11.5 Å². The SMILES string of the molecule is CCCCCCCCCCCCCSCc1ccc(C(=O)CCCC)o1. The van der Waals surface area contributed by atoms with E-state index in [1.807, 2.05) is 23.9 Å². The Balaban J connectivity index is 1.92. The van der Waals surface area contributed by atoms with Crippen LogP contribution in [0.1, 0.15) is 120 Å². The number of hydrogen-bond donors (Lipinski definition) is 0. The third-order valence-electron chi connectivity index (χ3n) is 4.83. The summed E-state index contributed by atoms with van der Waals surface area (Å²) in [7, 11) is 0. The highest BCUT2D eigenvalue weighted by molar-refractivity contribution is 7.98. The van der Waals surface area contributed by atoms with Crippen LogP contribution in [0.2, 0.25) is 0 Å². The Morgan fingerprint density at radius 2 is 1.38 bits per heavy atom. The van der Waals surface area contributed by atoms with Crippen molar-refractivity contribution in [2.45, 2.75) is 109 Å². The normalized spacial score (nSPS) is 11.2. The Bertz CT molecular complexity index is 453. The third-order valence-corrected chi connectivity index (χ3v) is 5.90. The Morgan fingerprint density at radius 1 is 0.808 bits per heavy atom. The monoisotopic (exact) mass is 380 g/mol. The minimum absolute atomic E-state index is 0.147. The molecule has 0 aliphatic carbocycles. The van der Waals surface area contributed by atoms with Crippen LogP contribution in [-0.4, -0.2) is 11.5 Å². The van der Waals surface area contributed by atoms with Crippen molar-refractivity contribution in [3.8, 4) is 0 Å². The summed E-state index contributed by atoms with van der Waals surface area (Å²) in [5.74, 6) is 3.71. The summed E-state index contributed by atoms with van der Waals surface area (Å²) in [6, 6.07) is 3.81. The maximum atomic E-state index is 11.9. The first kappa shape index (κ1) is 23.3. The van der Waals surface area contributed by atoms with Gasteiger partial charge in [-0.2, -0.15) is 11.8 Å². The van der Waals surface area contributed by atoms with Crippen molar-refractivity contribution in [2.75, 3.05) is 5.75 Å². The second-order valence-electron chi connectivity index (χ2n) is 7.38. The van der Waals surface area contributed by atoms with Crippen LogP contribution >= 0.6 is 11.8 Å². The van der Waals surface area contributed by atoms with Gasteiger partial charge in [-0.25, -0.2) is 0 Å². The summed E-state index contributed by atoms with van der Waals surface area (Å²) >= 11 is 1.92. The lowest BCUT2D eigenvalue weighted by Gasteiger charge is -2.03. The largest absolute Gasteiger partial charge is 0.457 e. The molecule has 0 saturated carbocycles. The number of ketones is 1. The maximum absolute atomic E-state index is 11.9. The zero-order chi connectivity index (χ0) is 18.9. The van der Waals surface area contributed by atoms with Gasteiger partial charge >= 0.3 is 0 Å². The molecule has 0 aliphatic rings. The summed E-state index contributed by atoms with van der Waals surface area (Å²) in [6.07, 6.45) is 17.9. The van der Waals surface area contributed by atoms with Crippen molar-refractivity contribution in [3.63, 3.8) is 0 Å². The number of rotatable bonds is 18. The highest BCUT2D eigenvalue weighted by Crippen LogP contribution is 2.19. The average molecular weight is 381 g/mol. The molecule has 0 aromatic carbocycles. The molecule has 0 amide bonds. The lowest BCUT2D eigenvalue weighted by Crippen LogP contribution is -1.96. The molecule has 0 radical (unpaired) electrons. The summed E-state index contributed by atoms with van der Waals surface area (Å²) in [4.78, 5) is 11.9. The van der Waals surface area contributed by atoms with Gasteiger partial charge in [-0.1, -0.05) is 84.5 Å². The van der Waals surface area contributed by atoms with Crippen molar-refractivity contribution in [1.29, 1.82) is 0 Å². The number of furan rings is 1. The molecule has 0 bridgehead atoms.